The molecule has 0 radical (unpaired) electrons. The summed E-state index contributed by atoms with van der Waals surface area (Å²) in [6, 6.07) is 3.89. The number of nitrogens with one attached hydrogen (secondary N) is 2. The summed E-state index contributed by atoms with van der Waals surface area (Å²) in [5, 5.41) is 14.6. The van der Waals surface area contributed by atoms with E-state index < -0.39 is 17.9 Å². The highest BCUT2D eigenvalue weighted by Gasteiger charge is 2.20. The maximum Gasteiger partial charge on any atom is 0.317 e. The number of hydrogen-bond acceptors (Lipinski definition) is 7. The lowest BCUT2D eigenvalue weighted by Crippen LogP contribution is -2.47. The second-order valence-corrected chi connectivity index (χ2v) is 8.19. The largest absolute Gasteiger partial charge is 0.493 e. The van der Waals surface area contributed by atoms with Gasteiger partial charge in [0.25, 0.3) is 11.8 Å². The van der Waals surface area contributed by atoms with E-state index in [1.54, 1.807) is 31.0 Å². The number of fused-ring (bicyclic) bond motifs is 18. The van der Waals surface area contributed by atoms with E-state index in [9.17, 15) is 24.3 Å². The van der Waals surface area contributed by atoms with Gasteiger partial charge in [-0.2, -0.15) is 0 Å². The summed E-state index contributed by atoms with van der Waals surface area (Å²) in [4.78, 5) is 51.9. The number of amides is 3. The molecule has 1 atom stereocenters. The van der Waals surface area contributed by atoms with Crippen LogP contribution >= 0.6 is 0 Å². The minimum atomic E-state index is -0.916. The van der Waals surface area contributed by atoms with Crippen molar-refractivity contribution in [3.8, 4) is 11.5 Å². The normalized spacial score (nSPS) is 20.0. The molecule has 0 saturated carbocycles. The molecule has 2 heterocycles. The van der Waals surface area contributed by atoms with E-state index >= 15 is 0 Å². The molecule has 0 spiro atoms. The molecule has 188 valence electrons. The number of carbonyl (C=O) groups is 4. The van der Waals surface area contributed by atoms with Gasteiger partial charge in [-0.25, -0.2) is 0 Å². The van der Waals surface area contributed by atoms with Gasteiger partial charge >= 0.3 is 5.97 Å². The molecular formula is C23H34N4O7. The molecule has 0 fully saturated rings. The van der Waals surface area contributed by atoms with Crippen molar-refractivity contribution < 1.29 is 33.8 Å². The number of benzene rings is 1. The lowest BCUT2D eigenvalue weighted by Gasteiger charge is -2.23. The van der Waals surface area contributed by atoms with Crippen molar-refractivity contribution in [1.82, 2.24) is 20.4 Å². The van der Waals surface area contributed by atoms with E-state index in [2.05, 4.69) is 10.6 Å². The Bertz CT molecular complexity index is 877. The highest BCUT2D eigenvalue weighted by molar-refractivity contribution is 5.95. The fraction of sp³-hybridized carbons (Fsp3) is 0.565. The molecule has 11 heteroatoms. The van der Waals surface area contributed by atoms with Crippen molar-refractivity contribution in [1.29, 1.82) is 0 Å². The first-order valence-electron chi connectivity index (χ1n) is 11.3. The minimum Gasteiger partial charge on any atom is -0.493 e. The number of carbonyl (C=O) groups excluding carboxylic acids is 3. The molecule has 3 N–H and O–H groups in total. The van der Waals surface area contributed by atoms with Crippen molar-refractivity contribution in [3.63, 3.8) is 0 Å². The van der Waals surface area contributed by atoms with Crippen LogP contribution in [0.25, 0.3) is 0 Å². The number of likely N-dealkylation sites (N-methyl/N-ethyl adjacent to an activating group) is 1. The maximum absolute atomic E-state index is 12.6. The molecule has 3 rings (SSSR count). The highest BCUT2D eigenvalue weighted by atomic mass is 16.5. The fourth-order valence-corrected chi connectivity index (χ4v) is 3.61. The topological polar surface area (TPSA) is 138 Å². The van der Waals surface area contributed by atoms with Gasteiger partial charge in [-0.3, -0.25) is 24.1 Å². The minimum absolute atomic E-state index is 0.0928. The van der Waals surface area contributed by atoms with Gasteiger partial charge in [0.15, 0.2) is 18.1 Å². The summed E-state index contributed by atoms with van der Waals surface area (Å²) in [7, 11) is 3.10. The van der Waals surface area contributed by atoms with Crippen LogP contribution in [0.2, 0.25) is 0 Å². The zero-order valence-corrected chi connectivity index (χ0v) is 20.0. The quantitative estimate of drug-likeness (QED) is 0.529. The Morgan fingerprint density at radius 1 is 1.18 bits per heavy atom. The van der Waals surface area contributed by atoms with Crippen LogP contribution in [0.4, 0.5) is 0 Å². The van der Waals surface area contributed by atoms with E-state index in [0.29, 0.717) is 62.5 Å². The number of carboxylic acids is 1. The summed E-state index contributed by atoms with van der Waals surface area (Å²) in [5.74, 6) is -1.32. The zero-order valence-electron chi connectivity index (χ0n) is 20.0. The Morgan fingerprint density at radius 3 is 2.59 bits per heavy atom. The van der Waals surface area contributed by atoms with Crippen LogP contribution in [-0.4, -0.2) is 98.1 Å². The number of hydrogen-bond donors (Lipinski definition) is 3. The van der Waals surface area contributed by atoms with Crippen LogP contribution in [0, 0.1) is 0 Å². The van der Waals surface area contributed by atoms with Crippen LogP contribution in [0.5, 0.6) is 11.5 Å². The van der Waals surface area contributed by atoms with Gasteiger partial charge in [-0.1, -0.05) is 0 Å². The number of nitrogens with zero attached hydrogens (tertiary/aromatic N) is 2. The molecule has 2 aliphatic rings. The highest BCUT2D eigenvalue weighted by Crippen LogP contribution is 2.28. The van der Waals surface area contributed by atoms with Crippen LogP contribution in [0.15, 0.2) is 18.2 Å². The average Bonchev–Trinajstić information content (AvgIpc) is 2.80. The first-order valence-corrected chi connectivity index (χ1v) is 11.3. The predicted octanol–water partition coefficient (Wildman–Crippen LogP) is 0.337. The third-order valence-electron chi connectivity index (χ3n) is 5.42. The fourth-order valence-electron chi connectivity index (χ4n) is 3.61. The van der Waals surface area contributed by atoms with Crippen LogP contribution < -0.4 is 20.1 Å². The van der Waals surface area contributed by atoms with Gasteiger partial charge in [0.05, 0.1) is 13.7 Å². The monoisotopic (exact) mass is 478 g/mol. The molecule has 1 aromatic carbocycles. The summed E-state index contributed by atoms with van der Waals surface area (Å²) < 4.78 is 10.8. The number of methoxy groups -OCH3 is 1. The molecule has 0 unspecified atom stereocenters. The van der Waals surface area contributed by atoms with Gasteiger partial charge in [0.1, 0.15) is 6.04 Å². The summed E-state index contributed by atoms with van der Waals surface area (Å²) in [6.45, 7) is 3.13. The van der Waals surface area contributed by atoms with Crippen molar-refractivity contribution in [2.75, 3.05) is 53.5 Å². The zero-order chi connectivity index (χ0) is 25.1. The van der Waals surface area contributed by atoms with E-state index in [0.717, 1.165) is 0 Å². The van der Waals surface area contributed by atoms with E-state index in [4.69, 9.17) is 9.47 Å². The molecule has 2 aliphatic heterocycles. The van der Waals surface area contributed by atoms with Crippen molar-refractivity contribution in [2.45, 2.75) is 32.2 Å². The lowest BCUT2D eigenvalue weighted by molar-refractivity contribution is -0.138. The van der Waals surface area contributed by atoms with Gasteiger partial charge < -0.3 is 30.1 Å². The number of aliphatic carboxylic acids is 1. The first-order chi connectivity index (χ1) is 16.2. The number of carboxylic acid groups (broad SMARTS) is 1. The standard InChI is InChI=1S/C23H34N4O7/c1-16-23(32)26(2)10-4-5-11-27(14-21(29)30)12-6-9-24-22(31)17-7-8-18(19(13-17)33-3)34-15-20(28)25-16/h7-8,13,16H,4-6,9-12,14-15H2,1-3H3,(H,24,31)(H,25,28)(H,29,30)/t16-/m0/s1. The second-order valence-electron chi connectivity index (χ2n) is 8.19. The maximum atomic E-state index is 12.6. The smallest absolute Gasteiger partial charge is 0.317 e. The Labute approximate surface area is 199 Å². The molecular weight excluding hydrogens is 444 g/mol. The number of rotatable bonds is 3. The SMILES string of the molecule is COc1cc2ccc1OCC(=O)N[C@@H](C)C(=O)N(C)CCCCN(CC(=O)O)CCCNC2=O. The van der Waals surface area contributed by atoms with Gasteiger partial charge in [0.2, 0.25) is 5.91 Å². The third kappa shape index (κ3) is 8.54. The second kappa shape index (κ2) is 13.4. The summed E-state index contributed by atoms with van der Waals surface area (Å²) in [5.41, 5.74) is 0.365. The van der Waals surface area contributed by atoms with Crippen LogP contribution in [0.3, 0.4) is 0 Å². The molecule has 1 aromatic rings. The molecule has 11 nitrogen and oxygen atoms in total. The van der Waals surface area contributed by atoms with Gasteiger partial charge in [-0.15, -0.1) is 0 Å². The van der Waals surface area contributed by atoms with Crippen molar-refractivity contribution in [2.24, 2.45) is 0 Å². The van der Waals surface area contributed by atoms with Crippen LogP contribution in [0.1, 0.15) is 36.5 Å². The predicted molar refractivity (Wildman–Crippen MR) is 124 cm³/mol. The Balaban J connectivity index is 2.15. The summed E-state index contributed by atoms with van der Waals surface area (Å²) in [6.07, 6.45) is 1.98. The van der Waals surface area contributed by atoms with E-state index in [1.807, 2.05) is 4.90 Å². The third-order valence-corrected chi connectivity index (χ3v) is 5.42. The Morgan fingerprint density at radius 2 is 1.88 bits per heavy atom. The molecule has 0 saturated heterocycles. The van der Waals surface area contributed by atoms with Gasteiger partial charge in [0, 0.05) is 32.2 Å². The van der Waals surface area contributed by atoms with Crippen molar-refractivity contribution in [3.05, 3.63) is 23.8 Å². The molecule has 34 heavy (non-hydrogen) atoms. The van der Waals surface area contributed by atoms with Crippen molar-refractivity contribution >= 4 is 23.7 Å². The molecule has 0 aromatic heterocycles. The van der Waals surface area contributed by atoms with E-state index in [1.165, 1.54) is 13.2 Å². The van der Waals surface area contributed by atoms with Crippen LogP contribution in [-0.2, 0) is 14.4 Å². The Hall–Kier alpha value is -3.34. The first kappa shape index (κ1) is 26.9. The number of ether oxygens (including phenoxy) is 2. The molecule has 3 amide bonds. The molecule has 2 bridgehead atoms. The Kier molecular flexibility index (Phi) is 10.6. The summed E-state index contributed by atoms with van der Waals surface area (Å²) >= 11 is 0. The van der Waals surface area contributed by atoms with Gasteiger partial charge in [-0.05, 0) is 50.9 Å². The average molecular weight is 479 g/mol. The lowest BCUT2D eigenvalue weighted by atomic mass is 10.2. The van der Waals surface area contributed by atoms with E-state index in [-0.39, 0.29) is 25.0 Å². The molecule has 0 aliphatic carbocycles.